The van der Waals surface area contributed by atoms with Crippen LogP contribution >= 0.6 is 11.6 Å². The van der Waals surface area contributed by atoms with Gasteiger partial charge in [-0.2, -0.15) is 4.31 Å². The molecule has 1 saturated heterocycles. The van der Waals surface area contributed by atoms with Gasteiger partial charge in [-0.15, -0.1) is 0 Å². The van der Waals surface area contributed by atoms with Gasteiger partial charge in [0.25, 0.3) is 0 Å². The number of sulfonamides is 1. The van der Waals surface area contributed by atoms with Gasteiger partial charge in [-0.05, 0) is 43.5 Å². The fraction of sp³-hybridized carbons (Fsp3) is 0.429. The van der Waals surface area contributed by atoms with E-state index in [4.69, 9.17) is 16.3 Å². The third kappa shape index (κ3) is 5.11. The number of para-hydroxylation sites is 1. The third-order valence-corrected chi connectivity index (χ3v) is 7.64. The van der Waals surface area contributed by atoms with E-state index in [1.54, 1.807) is 18.0 Å². The molecule has 7 nitrogen and oxygen atoms in total. The molecule has 2 heterocycles. The van der Waals surface area contributed by atoms with E-state index in [-0.39, 0.29) is 35.0 Å². The van der Waals surface area contributed by atoms with Crippen molar-refractivity contribution in [2.75, 3.05) is 33.3 Å². The number of rotatable bonds is 7. The zero-order valence-electron chi connectivity index (χ0n) is 17.1. The van der Waals surface area contributed by atoms with Crippen molar-refractivity contribution in [3.05, 3.63) is 53.3 Å². The number of amides is 1. The minimum atomic E-state index is -3.72. The molecule has 0 bridgehead atoms. The minimum absolute atomic E-state index is 0.00177. The molecule has 1 aliphatic rings. The number of hydrogen-bond donors (Lipinski definition) is 0. The Hall–Kier alpha value is -2.16. The summed E-state index contributed by atoms with van der Waals surface area (Å²) in [4.78, 5) is 18.3. The van der Waals surface area contributed by atoms with E-state index in [1.165, 1.54) is 16.6 Å². The highest BCUT2D eigenvalue weighted by atomic mass is 35.5. The summed E-state index contributed by atoms with van der Waals surface area (Å²) in [5.41, 5.74) is 1.05. The van der Waals surface area contributed by atoms with Crippen LogP contribution in [0.25, 0.3) is 0 Å². The molecule has 0 radical (unpaired) electrons. The highest BCUT2D eigenvalue weighted by molar-refractivity contribution is 7.89. The average molecular weight is 452 g/mol. The Morgan fingerprint density at radius 1 is 1.23 bits per heavy atom. The summed E-state index contributed by atoms with van der Waals surface area (Å²) in [6.07, 6.45) is 2.39. The topological polar surface area (TPSA) is 79.8 Å². The van der Waals surface area contributed by atoms with Crippen LogP contribution in [0.2, 0.25) is 5.15 Å². The van der Waals surface area contributed by atoms with Gasteiger partial charge in [-0.3, -0.25) is 4.79 Å². The Kier molecular flexibility index (Phi) is 7.33. The van der Waals surface area contributed by atoms with Gasteiger partial charge in [0.15, 0.2) is 0 Å². The van der Waals surface area contributed by atoms with E-state index >= 15 is 0 Å². The highest BCUT2D eigenvalue weighted by Crippen LogP contribution is 2.27. The quantitative estimate of drug-likeness (QED) is 0.604. The molecule has 2 aromatic rings. The first-order chi connectivity index (χ1) is 14.3. The zero-order chi connectivity index (χ0) is 21.7. The molecule has 3 rings (SSSR count). The van der Waals surface area contributed by atoms with Gasteiger partial charge in [0.2, 0.25) is 15.9 Å². The molecule has 162 valence electrons. The lowest BCUT2D eigenvalue weighted by atomic mass is 9.97. The number of halogens is 1. The summed E-state index contributed by atoms with van der Waals surface area (Å²) in [7, 11) is -1.96. The SMILES string of the molecule is Cc1ccccc1OCCN(C)C(=O)C1CCN(S(=O)(=O)c2cccnc2Cl)CC1. The summed E-state index contributed by atoms with van der Waals surface area (Å²) in [5, 5.41) is -0.0379. The van der Waals surface area contributed by atoms with Gasteiger partial charge in [0.1, 0.15) is 22.4 Å². The second-order valence-corrected chi connectivity index (χ2v) is 9.61. The predicted octanol–water partition coefficient (Wildman–Crippen LogP) is 2.98. The maximum Gasteiger partial charge on any atom is 0.246 e. The lowest BCUT2D eigenvalue weighted by Crippen LogP contribution is -2.44. The number of likely N-dealkylation sites (N-methyl/N-ethyl adjacent to an activating group) is 1. The van der Waals surface area contributed by atoms with E-state index in [0.29, 0.717) is 26.0 Å². The van der Waals surface area contributed by atoms with Crippen molar-refractivity contribution in [1.82, 2.24) is 14.2 Å². The number of aryl methyl sites for hydroxylation is 1. The van der Waals surface area contributed by atoms with Crippen LogP contribution in [0.5, 0.6) is 5.75 Å². The van der Waals surface area contributed by atoms with Crippen LogP contribution in [0.3, 0.4) is 0 Å². The average Bonchev–Trinajstić information content (AvgIpc) is 2.74. The standard InChI is InChI=1S/C21H26ClN3O4S/c1-16-6-3-4-7-18(16)29-15-14-24(2)21(26)17-9-12-25(13-10-17)30(27,28)19-8-5-11-23-20(19)22/h3-8,11,17H,9-10,12-15H2,1-2H3. The summed E-state index contributed by atoms with van der Waals surface area (Å²) in [5.74, 6) is 0.620. The van der Waals surface area contributed by atoms with Crippen molar-refractivity contribution in [1.29, 1.82) is 0 Å². The molecule has 1 aliphatic heterocycles. The van der Waals surface area contributed by atoms with Gasteiger partial charge < -0.3 is 9.64 Å². The number of carbonyl (C=O) groups excluding carboxylic acids is 1. The van der Waals surface area contributed by atoms with Crippen molar-refractivity contribution in [3.63, 3.8) is 0 Å². The first-order valence-electron chi connectivity index (χ1n) is 9.85. The number of ether oxygens (including phenoxy) is 1. The minimum Gasteiger partial charge on any atom is -0.491 e. The monoisotopic (exact) mass is 451 g/mol. The van der Waals surface area contributed by atoms with Crippen LogP contribution in [-0.2, 0) is 14.8 Å². The second-order valence-electron chi connectivity index (χ2n) is 7.34. The second kappa shape index (κ2) is 9.76. The molecule has 9 heteroatoms. The maximum atomic E-state index is 12.8. The molecular formula is C21H26ClN3O4S. The summed E-state index contributed by atoms with van der Waals surface area (Å²) < 4.78 is 32.8. The normalized spacial score (nSPS) is 15.7. The molecule has 0 aliphatic carbocycles. The number of pyridine rings is 1. The molecule has 0 atom stereocenters. The van der Waals surface area contributed by atoms with Gasteiger partial charge in [-0.25, -0.2) is 13.4 Å². The molecule has 1 amide bonds. The lowest BCUT2D eigenvalue weighted by molar-refractivity contribution is -0.135. The molecule has 0 unspecified atom stereocenters. The van der Waals surface area contributed by atoms with Crippen LogP contribution < -0.4 is 4.74 Å². The Labute approximate surface area is 182 Å². The number of benzene rings is 1. The smallest absolute Gasteiger partial charge is 0.246 e. The summed E-state index contributed by atoms with van der Waals surface area (Å²) >= 11 is 5.96. The number of hydrogen-bond acceptors (Lipinski definition) is 5. The van der Waals surface area contributed by atoms with Gasteiger partial charge in [0.05, 0.1) is 6.54 Å². The molecule has 0 saturated carbocycles. The number of aromatic nitrogens is 1. The maximum absolute atomic E-state index is 12.8. The molecular weight excluding hydrogens is 426 g/mol. The van der Waals surface area contributed by atoms with Crippen molar-refractivity contribution >= 4 is 27.5 Å². The molecule has 0 N–H and O–H groups in total. The van der Waals surface area contributed by atoms with E-state index in [0.717, 1.165) is 11.3 Å². The zero-order valence-corrected chi connectivity index (χ0v) is 18.7. The van der Waals surface area contributed by atoms with Crippen LogP contribution in [0, 0.1) is 12.8 Å². The lowest BCUT2D eigenvalue weighted by Gasteiger charge is -2.32. The fourth-order valence-electron chi connectivity index (χ4n) is 3.48. The van der Waals surface area contributed by atoms with E-state index in [9.17, 15) is 13.2 Å². The molecule has 1 fully saturated rings. The van der Waals surface area contributed by atoms with Gasteiger partial charge in [0, 0.05) is 32.3 Å². The molecule has 1 aromatic carbocycles. The first kappa shape index (κ1) is 22.5. The first-order valence-corrected chi connectivity index (χ1v) is 11.7. The number of nitrogens with zero attached hydrogens (tertiary/aromatic N) is 3. The highest BCUT2D eigenvalue weighted by Gasteiger charge is 2.34. The van der Waals surface area contributed by atoms with Crippen molar-refractivity contribution in [2.45, 2.75) is 24.7 Å². The number of piperidine rings is 1. The van der Waals surface area contributed by atoms with E-state index in [1.807, 2.05) is 31.2 Å². The van der Waals surface area contributed by atoms with Crippen LogP contribution in [0.4, 0.5) is 0 Å². The Morgan fingerprint density at radius 3 is 2.60 bits per heavy atom. The van der Waals surface area contributed by atoms with Crippen LogP contribution in [0.1, 0.15) is 18.4 Å². The van der Waals surface area contributed by atoms with Gasteiger partial charge in [-0.1, -0.05) is 29.8 Å². The Balaban J connectivity index is 1.51. The molecule has 30 heavy (non-hydrogen) atoms. The van der Waals surface area contributed by atoms with Gasteiger partial charge >= 0.3 is 0 Å². The van der Waals surface area contributed by atoms with Crippen LogP contribution in [-0.4, -0.2) is 61.8 Å². The Bertz CT molecular complexity index is 991. The van der Waals surface area contributed by atoms with Crippen molar-refractivity contribution in [2.24, 2.45) is 5.92 Å². The molecule has 0 spiro atoms. The molecule has 1 aromatic heterocycles. The predicted molar refractivity (Wildman–Crippen MR) is 115 cm³/mol. The summed E-state index contributed by atoms with van der Waals surface area (Å²) in [6, 6.07) is 10.7. The van der Waals surface area contributed by atoms with Crippen molar-refractivity contribution in [3.8, 4) is 5.75 Å². The van der Waals surface area contributed by atoms with Crippen molar-refractivity contribution < 1.29 is 17.9 Å². The van der Waals surface area contributed by atoms with E-state index in [2.05, 4.69) is 4.98 Å². The third-order valence-electron chi connectivity index (χ3n) is 5.30. The number of carbonyl (C=O) groups is 1. The van der Waals surface area contributed by atoms with E-state index < -0.39 is 10.0 Å². The largest absolute Gasteiger partial charge is 0.491 e. The van der Waals surface area contributed by atoms with Crippen LogP contribution in [0.15, 0.2) is 47.5 Å². The fourth-order valence-corrected chi connectivity index (χ4v) is 5.38. The Morgan fingerprint density at radius 2 is 1.93 bits per heavy atom. The summed E-state index contributed by atoms with van der Waals surface area (Å²) in [6.45, 7) is 3.40.